The highest BCUT2D eigenvalue weighted by atomic mass is 35.5. The van der Waals surface area contributed by atoms with Crippen molar-refractivity contribution in [3.63, 3.8) is 0 Å². The Hall–Kier alpha value is -1.06. The van der Waals surface area contributed by atoms with E-state index in [9.17, 15) is 4.39 Å². The maximum absolute atomic E-state index is 13.2. The summed E-state index contributed by atoms with van der Waals surface area (Å²) in [7, 11) is 0. The van der Waals surface area contributed by atoms with Crippen LogP contribution in [0, 0.1) is 5.82 Å². The molecular formula is C13H16ClFN2. The summed E-state index contributed by atoms with van der Waals surface area (Å²) in [4.78, 5) is 3.23. The number of benzene rings is 1. The number of halogens is 2. The molecule has 0 atom stereocenters. The van der Waals surface area contributed by atoms with E-state index in [0.717, 1.165) is 36.8 Å². The largest absolute Gasteiger partial charge is 0.361 e. The lowest BCUT2D eigenvalue weighted by Gasteiger charge is -2.22. The van der Waals surface area contributed by atoms with Crippen molar-refractivity contribution in [3.8, 4) is 0 Å². The van der Waals surface area contributed by atoms with Crippen LogP contribution in [0.4, 0.5) is 4.39 Å². The quantitative estimate of drug-likeness (QED) is 0.804. The fourth-order valence-electron chi connectivity index (χ4n) is 2.59. The van der Waals surface area contributed by atoms with Crippen LogP contribution in [-0.4, -0.2) is 18.1 Å². The van der Waals surface area contributed by atoms with Crippen LogP contribution < -0.4 is 5.32 Å². The molecule has 1 aromatic heterocycles. The van der Waals surface area contributed by atoms with E-state index in [4.69, 9.17) is 0 Å². The summed E-state index contributed by atoms with van der Waals surface area (Å²) in [5.74, 6) is 0.416. The number of hydrogen-bond acceptors (Lipinski definition) is 1. The monoisotopic (exact) mass is 254 g/mol. The Morgan fingerprint density at radius 2 is 1.94 bits per heavy atom. The molecule has 0 spiro atoms. The van der Waals surface area contributed by atoms with Crippen LogP contribution in [0.25, 0.3) is 10.9 Å². The lowest BCUT2D eigenvalue weighted by Crippen LogP contribution is -2.26. The van der Waals surface area contributed by atoms with Gasteiger partial charge in [-0.3, -0.25) is 0 Å². The van der Waals surface area contributed by atoms with Gasteiger partial charge in [0.2, 0.25) is 0 Å². The molecule has 3 rings (SSSR count). The minimum atomic E-state index is -0.151. The molecule has 0 bridgehead atoms. The Labute approximate surface area is 106 Å². The van der Waals surface area contributed by atoms with Crippen LogP contribution in [0.5, 0.6) is 0 Å². The van der Waals surface area contributed by atoms with E-state index in [1.807, 2.05) is 12.3 Å². The number of aromatic nitrogens is 1. The third kappa shape index (κ3) is 2.31. The van der Waals surface area contributed by atoms with E-state index in [0.29, 0.717) is 5.92 Å². The maximum atomic E-state index is 13.2. The molecule has 92 valence electrons. The predicted molar refractivity (Wildman–Crippen MR) is 70.3 cm³/mol. The SMILES string of the molecule is Cl.Fc1ccc2[nH]cc(C3CCNCC3)c2c1. The highest BCUT2D eigenvalue weighted by Crippen LogP contribution is 2.31. The standard InChI is InChI=1S/C13H15FN2.ClH/c14-10-1-2-13-11(7-10)12(8-16-13)9-3-5-15-6-4-9;/h1-2,7-9,15-16H,3-6H2;1H. The van der Waals surface area contributed by atoms with Crippen molar-refractivity contribution >= 4 is 23.3 Å². The first kappa shape index (κ1) is 12.4. The van der Waals surface area contributed by atoms with Gasteiger partial charge in [0, 0.05) is 17.1 Å². The predicted octanol–water partition coefficient (Wildman–Crippen LogP) is 3.20. The van der Waals surface area contributed by atoms with Crippen LogP contribution in [0.15, 0.2) is 24.4 Å². The van der Waals surface area contributed by atoms with Crippen LogP contribution in [0.3, 0.4) is 0 Å². The van der Waals surface area contributed by atoms with Crippen LogP contribution in [0.2, 0.25) is 0 Å². The molecule has 0 amide bonds. The zero-order chi connectivity index (χ0) is 11.0. The first-order valence-electron chi connectivity index (χ1n) is 5.82. The Kier molecular flexibility index (Phi) is 3.69. The average Bonchev–Trinajstić information content (AvgIpc) is 2.73. The summed E-state index contributed by atoms with van der Waals surface area (Å²) in [6, 6.07) is 4.96. The molecule has 0 unspecified atom stereocenters. The van der Waals surface area contributed by atoms with E-state index in [1.165, 1.54) is 11.6 Å². The van der Waals surface area contributed by atoms with E-state index in [1.54, 1.807) is 6.07 Å². The first-order chi connectivity index (χ1) is 7.84. The Morgan fingerprint density at radius 3 is 2.71 bits per heavy atom. The fourth-order valence-corrected chi connectivity index (χ4v) is 2.59. The summed E-state index contributed by atoms with van der Waals surface area (Å²) in [6.45, 7) is 2.12. The van der Waals surface area contributed by atoms with E-state index < -0.39 is 0 Å². The Bertz CT molecular complexity index is 503. The van der Waals surface area contributed by atoms with E-state index in [2.05, 4.69) is 10.3 Å². The number of piperidine rings is 1. The molecule has 0 saturated carbocycles. The summed E-state index contributed by atoms with van der Waals surface area (Å²) < 4.78 is 13.2. The second-order valence-corrected chi connectivity index (χ2v) is 4.46. The molecule has 0 aliphatic carbocycles. The van der Waals surface area contributed by atoms with Crippen molar-refractivity contribution in [1.29, 1.82) is 0 Å². The molecule has 1 fully saturated rings. The summed E-state index contributed by atoms with van der Waals surface area (Å²) in [6.07, 6.45) is 4.33. The third-order valence-electron chi connectivity index (χ3n) is 3.45. The molecule has 1 saturated heterocycles. The summed E-state index contributed by atoms with van der Waals surface area (Å²) in [5.41, 5.74) is 2.31. The van der Waals surface area contributed by atoms with Gasteiger partial charge in [-0.1, -0.05) is 0 Å². The van der Waals surface area contributed by atoms with E-state index in [-0.39, 0.29) is 18.2 Å². The van der Waals surface area contributed by atoms with Gasteiger partial charge >= 0.3 is 0 Å². The van der Waals surface area contributed by atoms with Gasteiger partial charge in [-0.05, 0) is 55.6 Å². The van der Waals surface area contributed by atoms with Gasteiger partial charge in [0.05, 0.1) is 0 Å². The van der Waals surface area contributed by atoms with Crippen molar-refractivity contribution in [2.24, 2.45) is 0 Å². The Balaban J connectivity index is 0.00000108. The minimum Gasteiger partial charge on any atom is -0.361 e. The number of H-pyrrole nitrogens is 1. The van der Waals surface area contributed by atoms with Crippen molar-refractivity contribution in [3.05, 3.63) is 35.8 Å². The number of fused-ring (bicyclic) bond motifs is 1. The lowest BCUT2D eigenvalue weighted by atomic mass is 9.90. The molecule has 1 aliphatic rings. The molecular weight excluding hydrogens is 239 g/mol. The molecule has 1 aromatic carbocycles. The van der Waals surface area contributed by atoms with Gasteiger partial charge in [0.25, 0.3) is 0 Å². The van der Waals surface area contributed by atoms with Crippen LogP contribution >= 0.6 is 12.4 Å². The first-order valence-corrected chi connectivity index (χ1v) is 5.82. The summed E-state index contributed by atoms with van der Waals surface area (Å²) in [5, 5.41) is 4.40. The van der Waals surface area contributed by atoms with Crippen LogP contribution in [-0.2, 0) is 0 Å². The highest BCUT2D eigenvalue weighted by molar-refractivity contribution is 5.85. The minimum absolute atomic E-state index is 0. The normalized spacial score (nSPS) is 17.0. The fraction of sp³-hybridized carbons (Fsp3) is 0.385. The maximum Gasteiger partial charge on any atom is 0.123 e. The highest BCUT2D eigenvalue weighted by Gasteiger charge is 2.18. The zero-order valence-electron chi connectivity index (χ0n) is 9.50. The number of aromatic amines is 1. The Morgan fingerprint density at radius 1 is 1.18 bits per heavy atom. The molecule has 1 aliphatic heterocycles. The molecule has 2 N–H and O–H groups in total. The molecule has 2 nitrogen and oxygen atoms in total. The third-order valence-corrected chi connectivity index (χ3v) is 3.45. The lowest BCUT2D eigenvalue weighted by molar-refractivity contribution is 0.462. The van der Waals surface area contributed by atoms with Crippen molar-refractivity contribution in [2.45, 2.75) is 18.8 Å². The zero-order valence-corrected chi connectivity index (χ0v) is 10.3. The van der Waals surface area contributed by atoms with Gasteiger partial charge in [-0.2, -0.15) is 0 Å². The molecule has 2 aromatic rings. The second kappa shape index (κ2) is 5.07. The van der Waals surface area contributed by atoms with Gasteiger partial charge in [0.15, 0.2) is 0 Å². The van der Waals surface area contributed by atoms with Crippen molar-refractivity contribution < 1.29 is 4.39 Å². The van der Waals surface area contributed by atoms with Gasteiger partial charge < -0.3 is 10.3 Å². The van der Waals surface area contributed by atoms with Crippen molar-refractivity contribution in [2.75, 3.05) is 13.1 Å². The smallest absolute Gasteiger partial charge is 0.123 e. The topological polar surface area (TPSA) is 27.8 Å². The molecule has 2 heterocycles. The van der Waals surface area contributed by atoms with E-state index >= 15 is 0 Å². The van der Waals surface area contributed by atoms with Gasteiger partial charge in [-0.25, -0.2) is 4.39 Å². The van der Waals surface area contributed by atoms with Crippen molar-refractivity contribution in [1.82, 2.24) is 10.3 Å². The molecule has 17 heavy (non-hydrogen) atoms. The van der Waals surface area contributed by atoms with Gasteiger partial charge in [-0.15, -0.1) is 12.4 Å². The number of rotatable bonds is 1. The van der Waals surface area contributed by atoms with Crippen LogP contribution in [0.1, 0.15) is 24.3 Å². The number of hydrogen-bond donors (Lipinski definition) is 2. The second-order valence-electron chi connectivity index (χ2n) is 4.46. The molecule has 0 radical (unpaired) electrons. The average molecular weight is 255 g/mol. The van der Waals surface area contributed by atoms with Gasteiger partial charge in [0.1, 0.15) is 5.82 Å². The summed E-state index contributed by atoms with van der Waals surface area (Å²) >= 11 is 0. The molecule has 4 heteroatoms. The number of nitrogens with one attached hydrogen (secondary N) is 2.